The quantitative estimate of drug-likeness (QED) is 0.828. The lowest BCUT2D eigenvalue weighted by Gasteiger charge is -2.08. The van der Waals surface area contributed by atoms with Crippen molar-refractivity contribution in [2.75, 3.05) is 0 Å². The lowest BCUT2D eigenvalue weighted by molar-refractivity contribution is 0.380. The molecule has 0 aliphatic heterocycles. The Balaban J connectivity index is 1.88. The molecule has 0 amide bonds. The molecule has 2 rings (SSSR count). The van der Waals surface area contributed by atoms with Gasteiger partial charge in [-0.3, -0.25) is 0 Å². The average Bonchev–Trinajstić information content (AvgIpc) is 2.84. The van der Waals surface area contributed by atoms with Crippen molar-refractivity contribution >= 4 is 0 Å². The number of rotatable bonds is 4. The second-order valence-corrected chi connectivity index (χ2v) is 3.35. The van der Waals surface area contributed by atoms with E-state index in [-0.39, 0.29) is 6.04 Å². The highest BCUT2D eigenvalue weighted by molar-refractivity contribution is 5.03. The zero-order valence-corrected chi connectivity index (χ0v) is 8.73. The molecule has 2 aromatic rings. The third-order valence-corrected chi connectivity index (χ3v) is 2.11. The lowest BCUT2D eigenvalue weighted by Crippen LogP contribution is -2.18. The van der Waals surface area contributed by atoms with E-state index in [1.807, 2.05) is 19.1 Å². The highest BCUT2D eigenvalue weighted by Gasteiger charge is 2.09. The predicted molar refractivity (Wildman–Crippen MR) is 53.0 cm³/mol. The summed E-state index contributed by atoms with van der Waals surface area (Å²) in [5.41, 5.74) is 0. The van der Waals surface area contributed by atoms with Crippen LogP contribution in [0.2, 0.25) is 0 Å². The highest BCUT2D eigenvalue weighted by atomic mass is 16.5. The third-order valence-electron chi connectivity index (χ3n) is 2.11. The van der Waals surface area contributed by atoms with Crippen LogP contribution in [-0.2, 0) is 6.54 Å². The van der Waals surface area contributed by atoms with Crippen LogP contribution >= 0.6 is 0 Å². The molecule has 0 aromatic carbocycles. The predicted octanol–water partition coefficient (Wildman–Crippen LogP) is 1.82. The number of aromatic nitrogens is 2. The van der Waals surface area contributed by atoms with Crippen LogP contribution in [0, 0.1) is 6.92 Å². The molecule has 0 unspecified atom stereocenters. The standard InChI is InChI=1S/C10H13N3O2/c1-7(9-4-3-5-14-9)11-6-10-12-8(2)15-13-10/h3-5,7,11H,6H2,1-2H3/t7-/m0/s1. The van der Waals surface area contributed by atoms with E-state index in [0.717, 1.165) is 5.76 Å². The van der Waals surface area contributed by atoms with Gasteiger partial charge in [-0.05, 0) is 19.1 Å². The van der Waals surface area contributed by atoms with Gasteiger partial charge in [0.05, 0.1) is 18.8 Å². The van der Waals surface area contributed by atoms with E-state index in [1.54, 1.807) is 13.2 Å². The van der Waals surface area contributed by atoms with Crippen molar-refractivity contribution in [3.63, 3.8) is 0 Å². The molecule has 2 aromatic heterocycles. The Labute approximate surface area is 87.5 Å². The van der Waals surface area contributed by atoms with Gasteiger partial charge in [-0.2, -0.15) is 4.98 Å². The molecular formula is C10H13N3O2. The number of nitrogens with zero attached hydrogens (tertiary/aromatic N) is 2. The molecule has 0 aliphatic carbocycles. The molecule has 80 valence electrons. The van der Waals surface area contributed by atoms with Crippen LogP contribution in [0.15, 0.2) is 27.3 Å². The van der Waals surface area contributed by atoms with Crippen molar-refractivity contribution < 1.29 is 8.94 Å². The second kappa shape index (κ2) is 4.27. The Morgan fingerprint density at radius 1 is 1.53 bits per heavy atom. The van der Waals surface area contributed by atoms with Crippen molar-refractivity contribution in [3.8, 4) is 0 Å². The van der Waals surface area contributed by atoms with Crippen LogP contribution in [-0.4, -0.2) is 10.1 Å². The Hall–Kier alpha value is -1.62. The van der Waals surface area contributed by atoms with E-state index in [9.17, 15) is 0 Å². The Bertz CT molecular complexity index is 408. The minimum atomic E-state index is 0.138. The van der Waals surface area contributed by atoms with E-state index < -0.39 is 0 Å². The number of furan rings is 1. The normalized spacial score (nSPS) is 12.9. The molecule has 0 bridgehead atoms. The van der Waals surface area contributed by atoms with Gasteiger partial charge in [0.2, 0.25) is 5.89 Å². The Morgan fingerprint density at radius 3 is 3.00 bits per heavy atom. The van der Waals surface area contributed by atoms with E-state index in [0.29, 0.717) is 18.3 Å². The zero-order chi connectivity index (χ0) is 10.7. The molecule has 0 saturated carbocycles. The molecule has 15 heavy (non-hydrogen) atoms. The molecule has 5 heteroatoms. The number of nitrogens with one attached hydrogen (secondary N) is 1. The van der Waals surface area contributed by atoms with Crippen LogP contribution in [0.3, 0.4) is 0 Å². The van der Waals surface area contributed by atoms with Crippen molar-refractivity contribution in [2.45, 2.75) is 26.4 Å². The fourth-order valence-electron chi connectivity index (χ4n) is 1.30. The maximum atomic E-state index is 5.26. The fourth-order valence-corrected chi connectivity index (χ4v) is 1.30. The van der Waals surface area contributed by atoms with Gasteiger partial charge in [0.1, 0.15) is 5.76 Å². The van der Waals surface area contributed by atoms with Gasteiger partial charge in [0.25, 0.3) is 0 Å². The first-order valence-electron chi connectivity index (χ1n) is 4.81. The lowest BCUT2D eigenvalue weighted by atomic mass is 10.2. The molecule has 0 aliphatic rings. The Kier molecular flexibility index (Phi) is 2.82. The summed E-state index contributed by atoms with van der Waals surface area (Å²) in [5.74, 6) is 2.14. The van der Waals surface area contributed by atoms with E-state index in [4.69, 9.17) is 8.94 Å². The largest absolute Gasteiger partial charge is 0.468 e. The molecular weight excluding hydrogens is 194 g/mol. The summed E-state index contributed by atoms with van der Waals surface area (Å²) >= 11 is 0. The van der Waals surface area contributed by atoms with E-state index >= 15 is 0 Å². The first kappa shape index (κ1) is 9.92. The van der Waals surface area contributed by atoms with Gasteiger partial charge in [0.15, 0.2) is 5.82 Å². The summed E-state index contributed by atoms with van der Waals surface area (Å²) < 4.78 is 10.1. The molecule has 0 spiro atoms. The number of hydrogen-bond donors (Lipinski definition) is 1. The number of hydrogen-bond acceptors (Lipinski definition) is 5. The minimum Gasteiger partial charge on any atom is -0.468 e. The van der Waals surface area contributed by atoms with Crippen LogP contribution in [0.1, 0.15) is 30.4 Å². The summed E-state index contributed by atoms with van der Waals surface area (Å²) in [4.78, 5) is 4.09. The molecule has 1 N–H and O–H groups in total. The van der Waals surface area contributed by atoms with Gasteiger partial charge in [-0.25, -0.2) is 0 Å². The molecule has 5 nitrogen and oxygen atoms in total. The van der Waals surface area contributed by atoms with Crippen LogP contribution in [0.5, 0.6) is 0 Å². The summed E-state index contributed by atoms with van der Waals surface area (Å²) in [6.07, 6.45) is 1.66. The van der Waals surface area contributed by atoms with Crippen LogP contribution in [0.4, 0.5) is 0 Å². The maximum Gasteiger partial charge on any atom is 0.223 e. The molecule has 0 fully saturated rings. The topological polar surface area (TPSA) is 64.1 Å². The number of aryl methyl sites for hydroxylation is 1. The van der Waals surface area contributed by atoms with Gasteiger partial charge in [-0.1, -0.05) is 5.16 Å². The van der Waals surface area contributed by atoms with Crippen molar-refractivity contribution in [1.29, 1.82) is 0 Å². The summed E-state index contributed by atoms with van der Waals surface area (Å²) in [6.45, 7) is 4.36. The third kappa shape index (κ3) is 2.44. The first-order valence-corrected chi connectivity index (χ1v) is 4.81. The molecule has 1 atom stereocenters. The van der Waals surface area contributed by atoms with Gasteiger partial charge >= 0.3 is 0 Å². The maximum absolute atomic E-state index is 5.26. The Morgan fingerprint density at radius 2 is 2.40 bits per heavy atom. The van der Waals surface area contributed by atoms with Gasteiger partial charge < -0.3 is 14.3 Å². The molecule has 0 saturated heterocycles. The zero-order valence-electron chi connectivity index (χ0n) is 8.73. The monoisotopic (exact) mass is 207 g/mol. The summed E-state index contributed by atoms with van der Waals surface area (Å²) in [7, 11) is 0. The molecule has 0 radical (unpaired) electrons. The fraction of sp³-hybridized carbons (Fsp3) is 0.400. The first-order chi connectivity index (χ1) is 7.25. The summed E-state index contributed by atoms with van der Waals surface area (Å²) in [5, 5.41) is 7.03. The minimum absolute atomic E-state index is 0.138. The smallest absolute Gasteiger partial charge is 0.223 e. The van der Waals surface area contributed by atoms with Gasteiger partial charge in [0, 0.05) is 6.92 Å². The second-order valence-electron chi connectivity index (χ2n) is 3.35. The highest BCUT2D eigenvalue weighted by Crippen LogP contribution is 2.12. The summed E-state index contributed by atoms with van der Waals surface area (Å²) in [6, 6.07) is 3.93. The van der Waals surface area contributed by atoms with Crippen molar-refractivity contribution in [2.24, 2.45) is 0 Å². The van der Waals surface area contributed by atoms with Gasteiger partial charge in [-0.15, -0.1) is 0 Å². The van der Waals surface area contributed by atoms with Crippen molar-refractivity contribution in [1.82, 2.24) is 15.5 Å². The SMILES string of the molecule is Cc1nc(CN[C@@H](C)c2ccco2)no1. The van der Waals surface area contributed by atoms with Crippen molar-refractivity contribution in [3.05, 3.63) is 35.9 Å². The average molecular weight is 207 g/mol. The van der Waals surface area contributed by atoms with E-state index in [2.05, 4.69) is 15.5 Å². The van der Waals surface area contributed by atoms with E-state index in [1.165, 1.54) is 0 Å². The molecule has 2 heterocycles. The van der Waals surface area contributed by atoms with Crippen LogP contribution in [0.25, 0.3) is 0 Å². The van der Waals surface area contributed by atoms with Crippen LogP contribution < -0.4 is 5.32 Å².